The highest BCUT2D eigenvalue weighted by Crippen LogP contribution is 2.50. The summed E-state index contributed by atoms with van der Waals surface area (Å²) < 4.78 is 6.87. The number of ether oxygens (including phenoxy) is 1. The molecule has 0 fully saturated rings. The molecule has 2 aliphatic carbocycles. The van der Waals surface area contributed by atoms with Gasteiger partial charge in [0.1, 0.15) is 5.75 Å². The standard InChI is InChI=1S/C29H29BrN2O4/c1-17-9-12-19(13-10-17)31-26(35)16-36-25-14-11-18(30)15-20(25)27-28-21(5-3-7-23(28)33)32(2)22-6-4-8-24(34)29(22)27/h9-15,27H,3-8,16H2,1-2H3,(H,31,35). The van der Waals surface area contributed by atoms with Crippen LogP contribution < -0.4 is 10.1 Å². The monoisotopic (exact) mass is 548 g/mol. The lowest BCUT2D eigenvalue weighted by Gasteiger charge is -2.42. The van der Waals surface area contributed by atoms with Gasteiger partial charge in [0, 0.05) is 64.1 Å². The summed E-state index contributed by atoms with van der Waals surface area (Å²) in [7, 11) is 1.98. The minimum atomic E-state index is -0.487. The Morgan fingerprint density at radius 1 is 0.972 bits per heavy atom. The van der Waals surface area contributed by atoms with Crippen LogP contribution in [0.3, 0.4) is 0 Å². The second kappa shape index (κ2) is 10.1. The molecule has 0 bridgehead atoms. The molecule has 0 radical (unpaired) electrons. The Bertz CT molecular complexity index is 1270. The molecule has 3 aliphatic rings. The van der Waals surface area contributed by atoms with Gasteiger partial charge in [-0.15, -0.1) is 0 Å². The first-order valence-corrected chi connectivity index (χ1v) is 13.2. The van der Waals surface area contributed by atoms with Crippen LogP contribution in [0.15, 0.2) is 69.5 Å². The lowest BCUT2D eigenvalue weighted by atomic mass is 9.71. The van der Waals surface area contributed by atoms with Crippen molar-refractivity contribution in [1.82, 2.24) is 4.90 Å². The SMILES string of the molecule is Cc1ccc(NC(=O)COc2ccc(Br)cc2C2C3=C(CCCC3=O)N(C)C3=C2C(=O)CCC3)cc1. The molecule has 6 nitrogen and oxygen atoms in total. The van der Waals surface area contributed by atoms with Gasteiger partial charge >= 0.3 is 0 Å². The van der Waals surface area contributed by atoms with Crippen molar-refractivity contribution in [1.29, 1.82) is 0 Å². The van der Waals surface area contributed by atoms with Crippen molar-refractivity contribution in [2.45, 2.75) is 51.4 Å². The second-order valence-electron chi connectivity index (χ2n) is 9.65. The molecule has 5 rings (SSSR count). The van der Waals surface area contributed by atoms with Gasteiger partial charge in [-0.3, -0.25) is 14.4 Å². The molecule has 36 heavy (non-hydrogen) atoms. The quantitative estimate of drug-likeness (QED) is 0.509. The van der Waals surface area contributed by atoms with Crippen LogP contribution in [0.25, 0.3) is 0 Å². The molecule has 0 aromatic heterocycles. The van der Waals surface area contributed by atoms with Gasteiger partial charge in [0.2, 0.25) is 0 Å². The van der Waals surface area contributed by atoms with E-state index in [9.17, 15) is 14.4 Å². The Balaban J connectivity index is 1.51. The molecule has 2 aromatic carbocycles. The van der Waals surface area contributed by atoms with Gasteiger partial charge < -0.3 is 15.0 Å². The van der Waals surface area contributed by atoms with Crippen LogP contribution in [-0.4, -0.2) is 36.0 Å². The van der Waals surface area contributed by atoms with Crippen LogP contribution in [0.5, 0.6) is 5.75 Å². The summed E-state index contributed by atoms with van der Waals surface area (Å²) in [6.45, 7) is 1.80. The number of hydrogen-bond donors (Lipinski definition) is 1. The normalized spacial score (nSPS) is 18.2. The fourth-order valence-corrected chi connectivity index (χ4v) is 5.90. The van der Waals surface area contributed by atoms with E-state index in [0.717, 1.165) is 52.7 Å². The number of halogens is 1. The van der Waals surface area contributed by atoms with Crippen molar-refractivity contribution in [2.75, 3.05) is 19.0 Å². The summed E-state index contributed by atoms with van der Waals surface area (Å²) in [5, 5.41) is 2.85. The number of hydrogen-bond acceptors (Lipinski definition) is 5. The third-order valence-corrected chi connectivity index (χ3v) is 7.71. The number of allylic oxidation sites excluding steroid dienone is 4. The molecule has 2 aromatic rings. The van der Waals surface area contributed by atoms with Crippen molar-refractivity contribution >= 4 is 39.1 Å². The first-order valence-electron chi connectivity index (χ1n) is 12.4. The Morgan fingerprint density at radius 2 is 1.58 bits per heavy atom. The third kappa shape index (κ3) is 4.64. The molecule has 1 heterocycles. The number of carbonyl (C=O) groups excluding carboxylic acids is 3. The number of carbonyl (C=O) groups is 3. The zero-order valence-corrected chi connectivity index (χ0v) is 22.1. The van der Waals surface area contributed by atoms with Crippen molar-refractivity contribution in [3.63, 3.8) is 0 Å². The molecule has 1 N–H and O–H groups in total. The molecule has 0 saturated carbocycles. The first-order chi connectivity index (χ1) is 17.3. The minimum Gasteiger partial charge on any atom is -0.483 e. The van der Waals surface area contributed by atoms with E-state index in [4.69, 9.17) is 4.74 Å². The predicted octanol–water partition coefficient (Wildman–Crippen LogP) is 5.82. The summed E-state index contributed by atoms with van der Waals surface area (Å²) in [5.41, 5.74) is 5.96. The van der Waals surface area contributed by atoms with Crippen LogP contribution in [-0.2, 0) is 14.4 Å². The summed E-state index contributed by atoms with van der Waals surface area (Å²) in [5.74, 6) is -0.0952. The van der Waals surface area contributed by atoms with Crippen LogP contribution >= 0.6 is 15.9 Å². The van der Waals surface area contributed by atoms with Gasteiger partial charge in [-0.1, -0.05) is 33.6 Å². The van der Waals surface area contributed by atoms with Crippen molar-refractivity contribution in [3.8, 4) is 5.75 Å². The van der Waals surface area contributed by atoms with Gasteiger partial charge in [-0.05, 0) is 62.9 Å². The van der Waals surface area contributed by atoms with Crippen LogP contribution in [0.4, 0.5) is 5.69 Å². The maximum Gasteiger partial charge on any atom is 0.262 e. The highest BCUT2D eigenvalue weighted by atomic mass is 79.9. The Hall–Kier alpha value is -3.19. The molecule has 1 amide bonds. The third-order valence-electron chi connectivity index (χ3n) is 7.22. The lowest BCUT2D eigenvalue weighted by molar-refractivity contribution is -0.119. The van der Waals surface area contributed by atoms with Gasteiger partial charge in [-0.25, -0.2) is 0 Å². The van der Waals surface area contributed by atoms with E-state index in [1.54, 1.807) is 6.07 Å². The number of Topliss-reactive ketones (excluding diaryl/α,β-unsaturated/α-hetero) is 2. The number of amides is 1. The lowest BCUT2D eigenvalue weighted by Crippen LogP contribution is -2.37. The first kappa shape index (κ1) is 24.5. The second-order valence-corrected chi connectivity index (χ2v) is 10.6. The maximum atomic E-state index is 13.3. The number of rotatable bonds is 5. The van der Waals surface area contributed by atoms with Crippen LogP contribution in [0.2, 0.25) is 0 Å². The number of benzene rings is 2. The summed E-state index contributed by atoms with van der Waals surface area (Å²) in [6.07, 6.45) is 4.19. The number of aryl methyl sites for hydroxylation is 1. The van der Waals surface area contributed by atoms with E-state index in [1.807, 2.05) is 50.4 Å². The topological polar surface area (TPSA) is 75.7 Å². The maximum absolute atomic E-state index is 13.3. The Labute approximate surface area is 219 Å². The highest BCUT2D eigenvalue weighted by molar-refractivity contribution is 9.10. The van der Waals surface area contributed by atoms with Gasteiger partial charge in [-0.2, -0.15) is 0 Å². The number of ketones is 2. The van der Waals surface area contributed by atoms with E-state index in [2.05, 4.69) is 26.1 Å². The number of anilines is 1. The number of nitrogens with zero attached hydrogens (tertiary/aromatic N) is 1. The van der Waals surface area contributed by atoms with Crippen LogP contribution in [0.1, 0.15) is 55.6 Å². The Kier molecular flexibility index (Phi) is 6.84. The fraction of sp³-hybridized carbons (Fsp3) is 0.345. The molecule has 0 unspecified atom stereocenters. The zero-order valence-electron chi connectivity index (χ0n) is 20.5. The van der Waals surface area contributed by atoms with E-state index in [0.29, 0.717) is 35.4 Å². The van der Waals surface area contributed by atoms with E-state index in [1.165, 1.54) is 0 Å². The molecule has 186 valence electrons. The minimum absolute atomic E-state index is 0.0843. The smallest absolute Gasteiger partial charge is 0.262 e. The van der Waals surface area contributed by atoms with Crippen molar-refractivity contribution in [3.05, 3.63) is 80.6 Å². The van der Waals surface area contributed by atoms with Gasteiger partial charge in [0.15, 0.2) is 18.2 Å². The predicted molar refractivity (Wildman–Crippen MR) is 142 cm³/mol. The van der Waals surface area contributed by atoms with E-state index >= 15 is 0 Å². The van der Waals surface area contributed by atoms with Crippen molar-refractivity contribution < 1.29 is 19.1 Å². The zero-order chi connectivity index (χ0) is 25.4. The molecular formula is C29H29BrN2O4. The fourth-order valence-electron chi connectivity index (χ4n) is 5.52. The summed E-state index contributed by atoms with van der Waals surface area (Å²) in [4.78, 5) is 41.3. The summed E-state index contributed by atoms with van der Waals surface area (Å²) >= 11 is 3.56. The average molecular weight is 549 g/mol. The molecule has 1 aliphatic heterocycles. The molecule has 0 atom stereocenters. The van der Waals surface area contributed by atoms with Crippen LogP contribution in [0, 0.1) is 6.92 Å². The summed E-state index contributed by atoms with van der Waals surface area (Å²) in [6, 6.07) is 13.1. The molecular weight excluding hydrogens is 520 g/mol. The largest absolute Gasteiger partial charge is 0.483 e. The van der Waals surface area contributed by atoms with Gasteiger partial charge in [0.25, 0.3) is 5.91 Å². The molecule has 0 saturated heterocycles. The van der Waals surface area contributed by atoms with E-state index < -0.39 is 5.92 Å². The van der Waals surface area contributed by atoms with Crippen molar-refractivity contribution in [2.24, 2.45) is 0 Å². The Morgan fingerprint density at radius 3 is 2.19 bits per heavy atom. The average Bonchev–Trinajstić information content (AvgIpc) is 2.86. The van der Waals surface area contributed by atoms with Gasteiger partial charge in [0.05, 0.1) is 0 Å². The number of nitrogens with one attached hydrogen (secondary N) is 1. The highest BCUT2D eigenvalue weighted by Gasteiger charge is 2.43. The molecule has 7 heteroatoms. The van der Waals surface area contributed by atoms with E-state index in [-0.39, 0.29) is 24.1 Å². The molecule has 0 spiro atoms.